The van der Waals surface area contributed by atoms with Gasteiger partial charge in [-0.25, -0.2) is 0 Å². The lowest BCUT2D eigenvalue weighted by atomic mass is 10.0. The molecule has 3 rings (SSSR count). The number of amides is 1. The summed E-state index contributed by atoms with van der Waals surface area (Å²) >= 11 is 0. The highest BCUT2D eigenvalue weighted by Crippen LogP contribution is 2.25. The van der Waals surface area contributed by atoms with E-state index in [1.54, 1.807) is 18.2 Å². The molecule has 0 saturated heterocycles. The van der Waals surface area contributed by atoms with Crippen molar-refractivity contribution in [1.29, 1.82) is 0 Å². The van der Waals surface area contributed by atoms with Crippen LogP contribution in [0.5, 0.6) is 11.5 Å². The third-order valence-corrected chi connectivity index (χ3v) is 3.98. The summed E-state index contributed by atoms with van der Waals surface area (Å²) in [5.74, 6) is 1.07. The van der Waals surface area contributed by atoms with Crippen molar-refractivity contribution in [3.05, 3.63) is 65.0 Å². The van der Waals surface area contributed by atoms with Crippen molar-refractivity contribution in [1.82, 2.24) is 10.2 Å². The van der Waals surface area contributed by atoms with Gasteiger partial charge in [0.1, 0.15) is 0 Å². The Morgan fingerprint density at radius 2 is 1.89 bits per heavy atom. The molecule has 0 unspecified atom stereocenters. The molecule has 0 fully saturated rings. The monoisotopic (exact) mass is 367 g/mol. The number of rotatable bonds is 7. The molecular weight excluding hydrogens is 346 g/mol. The SMILES string of the molecule is COc1ccccc1OCC(=O)Nc1nnc(Cc2ccc(C)cc2C)o1. The summed E-state index contributed by atoms with van der Waals surface area (Å²) < 4.78 is 16.1. The molecule has 1 heterocycles. The second-order valence-corrected chi connectivity index (χ2v) is 6.10. The van der Waals surface area contributed by atoms with Crippen LogP contribution in [0.2, 0.25) is 0 Å². The number of ether oxygens (including phenoxy) is 2. The summed E-state index contributed by atoms with van der Waals surface area (Å²) in [5.41, 5.74) is 3.45. The number of nitrogens with one attached hydrogen (secondary N) is 1. The predicted octanol–water partition coefficient (Wildman–Crippen LogP) is 3.30. The van der Waals surface area contributed by atoms with E-state index >= 15 is 0 Å². The number of hydrogen-bond donors (Lipinski definition) is 1. The normalized spacial score (nSPS) is 10.5. The van der Waals surface area contributed by atoms with Gasteiger partial charge in [-0.2, -0.15) is 0 Å². The van der Waals surface area contributed by atoms with Crippen LogP contribution in [0.15, 0.2) is 46.9 Å². The number of hydrogen-bond acceptors (Lipinski definition) is 6. The number of para-hydroxylation sites is 2. The smallest absolute Gasteiger partial charge is 0.322 e. The van der Waals surface area contributed by atoms with E-state index < -0.39 is 5.91 Å². The Hall–Kier alpha value is -3.35. The van der Waals surface area contributed by atoms with Gasteiger partial charge in [0.2, 0.25) is 5.89 Å². The van der Waals surface area contributed by atoms with E-state index in [4.69, 9.17) is 13.9 Å². The number of methoxy groups -OCH3 is 1. The highest BCUT2D eigenvalue weighted by molar-refractivity contribution is 5.89. The van der Waals surface area contributed by atoms with E-state index in [1.165, 1.54) is 12.7 Å². The van der Waals surface area contributed by atoms with Crippen LogP contribution < -0.4 is 14.8 Å². The minimum atomic E-state index is -0.400. The van der Waals surface area contributed by atoms with E-state index in [2.05, 4.69) is 21.6 Å². The first-order valence-electron chi connectivity index (χ1n) is 8.49. The Morgan fingerprint density at radius 3 is 2.63 bits per heavy atom. The van der Waals surface area contributed by atoms with Crippen LogP contribution in [-0.2, 0) is 11.2 Å². The molecule has 0 spiro atoms. The average molecular weight is 367 g/mol. The molecule has 140 valence electrons. The molecule has 27 heavy (non-hydrogen) atoms. The standard InChI is InChI=1S/C20H21N3O4/c1-13-8-9-15(14(2)10-13)11-19-22-23-20(27-19)21-18(24)12-26-17-7-5-4-6-16(17)25-3/h4-10H,11-12H2,1-3H3,(H,21,23,24). The lowest BCUT2D eigenvalue weighted by Gasteiger charge is -2.09. The topological polar surface area (TPSA) is 86.5 Å². The highest BCUT2D eigenvalue weighted by atomic mass is 16.5. The molecule has 0 aliphatic carbocycles. The maximum atomic E-state index is 12.0. The van der Waals surface area contributed by atoms with Gasteiger partial charge in [-0.1, -0.05) is 41.0 Å². The maximum absolute atomic E-state index is 12.0. The quantitative estimate of drug-likeness (QED) is 0.689. The summed E-state index contributed by atoms with van der Waals surface area (Å²) in [5, 5.41) is 10.4. The van der Waals surface area contributed by atoms with Gasteiger partial charge in [0.15, 0.2) is 18.1 Å². The van der Waals surface area contributed by atoms with Crippen molar-refractivity contribution < 1.29 is 18.7 Å². The van der Waals surface area contributed by atoms with Crippen LogP contribution in [0.4, 0.5) is 6.01 Å². The molecule has 0 aliphatic rings. The first-order valence-corrected chi connectivity index (χ1v) is 8.49. The van der Waals surface area contributed by atoms with Gasteiger partial charge < -0.3 is 13.9 Å². The van der Waals surface area contributed by atoms with Gasteiger partial charge >= 0.3 is 6.01 Å². The molecule has 7 heteroatoms. The third kappa shape index (κ3) is 4.84. The molecule has 2 aromatic carbocycles. The molecule has 0 atom stereocenters. The maximum Gasteiger partial charge on any atom is 0.322 e. The van der Waals surface area contributed by atoms with E-state index in [0.717, 1.165) is 11.1 Å². The lowest BCUT2D eigenvalue weighted by molar-refractivity contribution is -0.118. The van der Waals surface area contributed by atoms with Crippen molar-refractivity contribution >= 4 is 11.9 Å². The van der Waals surface area contributed by atoms with Crippen LogP contribution in [-0.4, -0.2) is 29.8 Å². The molecule has 0 saturated carbocycles. The van der Waals surface area contributed by atoms with Gasteiger partial charge in [0.05, 0.1) is 13.5 Å². The van der Waals surface area contributed by atoms with Gasteiger partial charge in [-0.3, -0.25) is 10.1 Å². The van der Waals surface area contributed by atoms with Crippen LogP contribution in [0.25, 0.3) is 0 Å². The summed E-state index contributed by atoms with van der Waals surface area (Å²) in [6, 6.07) is 13.3. The van der Waals surface area contributed by atoms with Crippen molar-refractivity contribution in [2.24, 2.45) is 0 Å². The Kier molecular flexibility index (Phi) is 5.71. The van der Waals surface area contributed by atoms with Crippen molar-refractivity contribution in [3.63, 3.8) is 0 Å². The zero-order valence-electron chi connectivity index (χ0n) is 15.5. The van der Waals surface area contributed by atoms with Crippen LogP contribution in [0.3, 0.4) is 0 Å². The van der Waals surface area contributed by atoms with Gasteiger partial charge in [0.25, 0.3) is 5.91 Å². The Balaban J connectivity index is 1.56. The van der Waals surface area contributed by atoms with E-state index in [0.29, 0.717) is 23.8 Å². The zero-order chi connectivity index (χ0) is 19.2. The largest absolute Gasteiger partial charge is 0.493 e. The molecule has 3 aromatic rings. The summed E-state index contributed by atoms with van der Waals surface area (Å²) in [4.78, 5) is 12.0. The second kappa shape index (κ2) is 8.35. The minimum Gasteiger partial charge on any atom is -0.493 e. The van der Waals surface area contributed by atoms with Gasteiger partial charge in [-0.05, 0) is 37.1 Å². The van der Waals surface area contributed by atoms with Crippen LogP contribution >= 0.6 is 0 Å². The first kappa shape index (κ1) is 18.4. The lowest BCUT2D eigenvalue weighted by Crippen LogP contribution is -2.20. The van der Waals surface area contributed by atoms with E-state index in [9.17, 15) is 4.79 Å². The number of nitrogens with zero attached hydrogens (tertiary/aromatic N) is 2. The fourth-order valence-corrected chi connectivity index (χ4v) is 2.62. The second-order valence-electron chi connectivity index (χ2n) is 6.10. The number of carbonyl (C=O) groups excluding carboxylic acids is 1. The van der Waals surface area contributed by atoms with Crippen molar-refractivity contribution in [3.8, 4) is 11.5 Å². The number of anilines is 1. The summed E-state index contributed by atoms with van der Waals surface area (Å²) in [6.07, 6.45) is 0.507. The van der Waals surface area contributed by atoms with Crippen LogP contribution in [0, 0.1) is 13.8 Å². The molecule has 0 radical (unpaired) electrons. The predicted molar refractivity (Wildman–Crippen MR) is 100 cm³/mol. The molecule has 7 nitrogen and oxygen atoms in total. The van der Waals surface area contributed by atoms with Crippen molar-refractivity contribution in [2.75, 3.05) is 19.0 Å². The number of benzene rings is 2. The van der Waals surface area contributed by atoms with Crippen molar-refractivity contribution in [2.45, 2.75) is 20.3 Å². The third-order valence-electron chi connectivity index (χ3n) is 3.98. The Bertz CT molecular complexity index is 936. The minimum absolute atomic E-state index is 0.0448. The van der Waals surface area contributed by atoms with E-state index in [1.807, 2.05) is 32.0 Å². The molecule has 0 aliphatic heterocycles. The fourth-order valence-electron chi connectivity index (χ4n) is 2.62. The number of aromatic nitrogens is 2. The molecule has 1 aromatic heterocycles. The first-order chi connectivity index (χ1) is 13.0. The fraction of sp³-hybridized carbons (Fsp3) is 0.250. The Labute approximate surface area is 157 Å². The highest BCUT2D eigenvalue weighted by Gasteiger charge is 2.13. The summed E-state index contributed by atoms with van der Waals surface area (Å²) in [6.45, 7) is 3.88. The number of carbonyl (C=O) groups is 1. The molecular formula is C20H21N3O4. The Morgan fingerprint density at radius 1 is 1.11 bits per heavy atom. The molecule has 1 amide bonds. The summed E-state index contributed by atoms with van der Waals surface area (Å²) in [7, 11) is 1.54. The molecule has 0 bridgehead atoms. The van der Waals surface area contributed by atoms with Gasteiger partial charge in [-0.15, -0.1) is 5.10 Å². The zero-order valence-corrected chi connectivity index (χ0v) is 15.5. The average Bonchev–Trinajstić information content (AvgIpc) is 3.09. The van der Waals surface area contributed by atoms with E-state index in [-0.39, 0.29) is 12.6 Å². The van der Waals surface area contributed by atoms with Crippen LogP contribution in [0.1, 0.15) is 22.6 Å². The number of aryl methyl sites for hydroxylation is 2. The molecule has 1 N–H and O–H groups in total. The van der Waals surface area contributed by atoms with Gasteiger partial charge in [0, 0.05) is 0 Å².